The van der Waals surface area contributed by atoms with Gasteiger partial charge in [0, 0.05) is 25.0 Å². The maximum absolute atomic E-state index is 13.3. The van der Waals surface area contributed by atoms with E-state index in [0.717, 1.165) is 11.1 Å². The van der Waals surface area contributed by atoms with E-state index in [1.807, 2.05) is 36.4 Å². The van der Waals surface area contributed by atoms with Gasteiger partial charge in [-0.3, -0.25) is 9.59 Å². The molecule has 0 aromatic heterocycles. The maximum Gasteiger partial charge on any atom is 0.247 e. The highest BCUT2D eigenvalue weighted by atomic mass is 35.5. The first-order valence-electron chi connectivity index (χ1n) is 9.53. The highest BCUT2D eigenvalue weighted by Crippen LogP contribution is 2.24. The van der Waals surface area contributed by atoms with Gasteiger partial charge in [0.2, 0.25) is 11.8 Å². The molecule has 3 aromatic carbocycles. The summed E-state index contributed by atoms with van der Waals surface area (Å²) in [5.41, 5.74) is 2.20. The molecule has 3 aromatic rings. The third-order valence-electron chi connectivity index (χ3n) is 4.76. The van der Waals surface area contributed by atoms with Crippen LogP contribution >= 0.6 is 11.6 Å². The van der Waals surface area contributed by atoms with Crippen LogP contribution in [0.1, 0.15) is 29.7 Å². The predicted molar refractivity (Wildman–Crippen MR) is 115 cm³/mol. The molecule has 0 heterocycles. The van der Waals surface area contributed by atoms with Crippen LogP contribution < -0.4 is 5.32 Å². The van der Waals surface area contributed by atoms with Crippen molar-refractivity contribution in [3.63, 3.8) is 0 Å². The predicted octanol–water partition coefficient (Wildman–Crippen LogP) is 4.89. The number of carbonyl (C=O) groups excluding carboxylic acids is 2. The first-order valence-corrected chi connectivity index (χ1v) is 9.91. The van der Waals surface area contributed by atoms with Gasteiger partial charge in [-0.05, 0) is 34.9 Å². The third-order valence-corrected chi connectivity index (χ3v) is 5.13. The van der Waals surface area contributed by atoms with Gasteiger partial charge in [0.1, 0.15) is 11.9 Å². The standard InChI is InChI=1S/C24H22ClFN2O2/c1-17(29)28(16-18-11-13-21(26)14-12-18)23(19-7-3-2-4-8-19)24(30)27-15-20-9-5-6-10-22(20)25/h2-14,23H,15-16H2,1H3,(H,27,30)/t23-/m0/s1. The van der Waals surface area contributed by atoms with Gasteiger partial charge in [0.15, 0.2) is 0 Å². The van der Waals surface area contributed by atoms with Crippen molar-refractivity contribution in [3.05, 3.63) is 106 Å². The van der Waals surface area contributed by atoms with Gasteiger partial charge in [-0.2, -0.15) is 0 Å². The second-order valence-electron chi connectivity index (χ2n) is 6.90. The van der Waals surface area contributed by atoms with Crippen molar-refractivity contribution in [2.24, 2.45) is 0 Å². The van der Waals surface area contributed by atoms with Gasteiger partial charge >= 0.3 is 0 Å². The Morgan fingerprint density at radius 3 is 2.23 bits per heavy atom. The second kappa shape index (κ2) is 10.0. The molecule has 1 atom stereocenters. The number of nitrogens with zero attached hydrogens (tertiary/aromatic N) is 1. The van der Waals surface area contributed by atoms with E-state index in [9.17, 15) is 14.0 Å². The number of rotatable bonds is 7. The zero-order chi connectivity index (χ0) is 21.5. The summed E-state index contributed by atoms with van der Waals surface area (Å²) in [6.45, 7) is 1.83. The Balaban J connectivity index is 1.88. The monoisotopic (exact) mass is 424 g/mol. The van der Waals surface area contributed by atoms with Gasteiger partial charge < -0.3 is 10.2 Å². The number of carbonyl (C=O) groups is 2. The Morgan fingerprint density at radius 2 is 1.60 bits per heavy atom. The number of hydrogen-bond donors (Lipinski definition) is 1. The van der Waals surface area contributed by atoms with Crippen LogP contribution in [0.15, 0.2) is 78.9 Å². The summed E-state index contributed by atoms with van der Waals surface area (Å²) in [5, 5.41) is 3.45. The van der Waals surface area contributed by atoms with Gasteiger partial charge in [0.05, 0.1) is 0 Å². The quantitative estimate of drug-likeness (QED) is 0.587. The number of halogens is 2. The minimum Gasteiger partial charge on any atom is -0.350 e. The molecule has 0 radical (unpaired) electrons. The molecule has 0 aliphatic rings. The van der Waals surface area contributed by atoms with Crippen molar-refractivity contribution in [1.29, 1.82) is 0 Å². The lowest BCUT2D eigenvalue weighted by atomic mass is 10.0. The van der Waals surface area contributed by atoms with Gasteiger partial charge in [-0.25, -0.2) is 4.39 Å². The summed E-state index contributed by atoms with van der Waals surface area (Å²) in [6.07, 6.45) is 0. The largest absolute Gasteiger partial charge is 0.350 e. The Morgan fingerprint density at radius 1 is 0.967 bits per heavy atom. The number of hydrogen-bond acceptors (Lipinski definition) is 2. The molecule has 0 fully saturated rings. The molecule has 0 aliphatic heterocycles. The highest BCUT2D eigenvalue weighted by Gasteiger charge is 2.29. The molecule has 4 nitrogen and oxygen atoms in total. The smallest absolute Gasteiger partial charge is 0.247 e. The molecule has 6 heteroatoms. The molecular weight excluding hydrogens is 403 g/mol. The first kappa shape index (κ1) is 21.5. The summed E-state index contributed by atoms with van der Waals surface area (Å²) >= 11 is 6.19. The lowest BCUT2D eigenvalue weighted by molar-refractivity contribution is -0.140. The zero-order valence-corrected chi connectivity index (χ0v) is 17.3. The van der Waals surface area contributed by atoms with E-state index >= 15 is 0 Å². The van der Waals surface area contributed by atoms with Crippen molar-refractivity contribution < 1.29 is 14.0 Å². The van der Waals surface area contributed by atoms with E-state index in [1.54, 1.807) is 30.3 Å². The van der Waals surface area contributed by atoms with Crippen LogP contribution in [0.2, 0.25) is 5.02 Å². The molecule has 1 N–H and O–H groups in total. The normalized spacial score (nSPS) is 11.6. The van der Waals surface area contributed by atoms with E-state index in [2.05, 4.69) is 5.32 Å². The third kappa shape index (κ3) is 5.45. The Bertz CT molecular complexity index is 1010. The highest BCUT2D eigenvalue weighted by molar-refractivity contribution is 6.31. The fraction of sp³-hybridized carbons (Fsp3) is 0.167. The van der Waals surface area contributed by atoms with Crippen LogP contribution in [0.25, 0.3) is 0 Å². The molecule has 0 saturated carbocycles. The van der Waals surface area contributed by atoms with Crippen LogP contribution in [0, 0.1) is 5.82 Å². The lowest BCUT2D eigenvalue weighted by Gasteiger charge is -2.30. The lowest BCUT2D eigenvalue weighted by Crippen LogP contribution is -2.42. The molecule has 0 saturated heterocycles. The Hall–Kier alpha value is -3.18. The molecule has 3 rings (SSSR count). The maximum atomic E-state index is 13.3. The molecule has 0 aliphatic carbocycles. The minimum absolute atomic E-state index is 0.175. The van der Waals surface area contributed by atoms with Gasteiger partial charge in [0.25, 0.3) is 0 Å². The summed E-state index contributed by atoms with van der Waals surface area (Å²) in [7, 11) is 0. The van der Waals surface area contributed by atoms with Gasteiger partial charge in [-0.1, -0.05) is 72.3 Å². The molecule has 2 amide bonds. The Kier molecular flexibility index (Phi) is 7.20. The van der Waals surface area contributed by atoms with Crippen molar-refractivity contribution in [2.75, 3.05) is 0 Å². The van der Waals surface area contributed by atoms with E-state index in [-0.39, 0.29) is 30.7 Å². The van der Waals surface area contributed by atoms with E-state index in [1.165, 1.54) is 24.0 Å². The number of nitrogens with one attached hydrogen (secondary N) is 1. The van der Waals surface area contributed by atoms with E-state index in [4.69, 9.17) is 11.6 Å². The molecular formula is C24H22ClFN2O2. The van der Waals surface area contributed by atoms with Crippen LogP contribution in [0.5, 0.6) is 0 Å². The molecule has 0 spiro atoms. The molecule has 0 bridgehead atoms. The minimum atomic E-state index is -0.837. The molecule has 0 unspecified atom stereocenters. The summed E-state index contributed by atoms with van der Waals surface area (Å²) < 4.78 is 13.3. The van der Waals surface area contributed by atoms with Crippen LogP contribution in [-0.4, -0.2) is 16.7 Å². The molecule has 154 valence electrons. The average Bonchev–Trinajstić information content (AvgIpc) is 2.75. The van der Waals surface area contributed by atoms with Crippen molar-refractivity contribution >= 4 is 23.4 Å². The topological polar surface area (TPSA) is 49.4 Å². The van der Waals surface area contributed by atoms with Crippen LogP contribution in [0.4, 0.5) is 4.39 Å². The number of amides is 2. The van der Waals surface area contributed by atoms with Crippen molar-refractivity contribution in [3.8, 4) is 0 Å². The Labute approximate surface area is 180 Å². The molecule has 30 heavy (non-hydrogen) atoms. The van der Waals surface area contributed by atoms with E-state index < -0.39 is 6.04 Å². The van der Waals surface area contributed by atoms with Crippen molar-refractivity contribution in [2.45, 2.75) is 26.1 Å². The van der Waals surface area contributed by atoms with Crippen molar-refractivity contribution in [1.82, 2.24) is 10.2 Å². The fourth-order valence-electron chi connectivity index (χ4n) is 3.20. The number of benzene rings is 3. The average molecular weight is 425 g/mol. The van der Waals surface area contributed by atoms with Crippen LogP contribution in [-0.2, 0) is 22.7 Å². The first-order chi connectivity index (χ1) is 14.5. The second-order valence-corrected chi connectivity index (χ2v) is 7.30. The van der Waals surface area contributed by atoms with Gasteiger partial charge in [-0.15, -0.1) is 0 Å². The summed E-state index contributed by atoms with van der Waals surface area (Å²) in [4.78, 5) is 27.2. The van der Waals surface area contributed by atoms with Crippen LogP contribution in [0.3, 0.4) is 0 Å². The fourth-order valence-corrected chi connectivity index (χ4v) is 3.40. The summed E-state index contributed by atoms with van der Waals surface area (Å²) in [6, 6.07) is 21.4. The SMILES string of the molecule is CC(=O)N(Cc1ccc(F)cc1)[C@H](C(=O)NCc1ccccc1Cl)c1ccccc1. The van der Waals surface area contributed by atoms with E-state index in [0.29, 0.717) is 10.6 Å². The zero-order valence-electron chi connectivity index (χ0n) is 16.5. The summed E-state index contributed by atoms with van der Waals surface area (Å²) in [5.74, 6) is -0.940.